The first-order chi connectivity index (χ1) is 13.8. The zero-order valence-electron chi connectivity index (χ0n) is 15.4. The number of nitrogens with one attached hydrogen (secondary N) is 1. The Morgan fingerprint density at radius 1 is 1.24 bits per heavy atom. The maximum absolute atomic E-state index is 12.8. The van der Waals surface area contributed by atoms with Crippen molar-refractivity contribution in [1.82, 2.24) is 19.9 Å². The van der Waals surface area contributed by atoms with E-state index in [-0.39, 0.29) is 17.8 Å². The highest BCUT2D eigenvalue weighted by atomic mass is 32.1. The predicted molar refractivity (Wildman–Crippen MR) is 102 cm³/mol. The monoisotopic (exact) mass is 422 g/mol. The number of ether oxygens (including phenoxy) is 1. The van der Waals surface area contributed by atoms with Gasteiger partial charge in [0.1, 0.15) is 10.8 Å². The molecule has 10 heteroatoms. The number of alkyl halides is 3. The molecule has 1 aliphatic rings. The molecule has 6 nitrogen and oxygen atoms in total. The van der Waals surface area contributed by atoms with E-state index in [1.54, 1.807) is 7.11 Å². The summed E-state index contributed by atoms with van der Waals surface area (Å²) in [6, 6.07) is 7.59. The minimum atomic E-state index is -4.66. The number of H-pyrrole nitrogens is 1. The van der Waals surface area contributed by atoms with Gasteiger partial charge in [0.2, 0.25) is 5.82 Å². The molecule has 0 atom stereocenters. The summed E-state index contributed by atoms with van der Waals surface area (Å²) in [4.78, 5) is 24.2. The van der Waals surface area contributed by atoms with Gasteiger partial charge in [0, 0.05) is 30.5 Å². The van der Waals surface area contributed by atoms with Gasteiger partial charge < -0.3 is 9.72 Å². The Balaban J connectivity index is 1.48. The molecule has 0 amide bonds. The molecule has 0 saturated carbocycles. The van der Waals surface area contributed by atoms with Gasteiger partial charge in [0.25, 0.3) is 5.56 Å². The molecular weight excluding hydrogens is 405 g/mol. The van der Waals surface area contributed by atoms with Crippen LogP contribution in [0.5, 0.6) is 5.75 Å². The van der Waals surface area contributed by atoms with Crippen LogP contribution < -0.4 is 10.3 Å². The van der Waals surface area contributed by atoms with Crippen LogP contribution in [0.3, 0.4) is 0 Å². The molecule has 0 aliphatic carbocycles. The minimum absolute atomic E-state index is 0.218. The third kappa shape index (κ3) is 4.18. The summed E-state index contributed by atoms with van der Waals surface area (Å²) in [5, 5.41) is 2.83. The van der Waals surface area contributed by atoms with Gasteiger partial charge in [-0.25, -0.2) is 9.97 Å². The SMILES string of the molecule is COc1ccc(-c2csc(CN3CCc4nc(C(F)(F)F)[nH]c(=O)c4C3)n2)cc1. The fourth-order valence-electron chi connectivity index (χ4n) is 3.22. The first-order valence-electron chi connectivity index (χ1n) is 8.84. The average Bonchev–Trinajstić information content (AvgIpc) is 3.16. The van der Waals surface area contributed by atoms with E-state index >= 15 is 0 Å². The van der Waals surface area contributed by atoms with Crippen molar-refractivity contribution in [2.75, 3.05) is 13.7 Å². The van der Waals surface area contributed by atoms with Crippen LogP contribution in [0.2, 0.25) is 0 Å². The molecule has 29 heavy (non-hydrogen) atoms. The Hall–Kier alpha value is -2.72. The van der Waals surface area contributed by atoms with Gasteiger partial charge in [-0.3, -0.25) is 9.69 Å². The Labute approximate surface area is 168 Å². The molecule has 0 radical (unpaired) electrons. The molecule has 0 saturated heterocycles. The molecule has 1 aliphatic heterocycles. The van der Waals surface area contributed by atoms with Crippen LogP contribution in [0.1, 0.15) is 22.1 Å². The van der Waals surface area contributed by atoms with E-state index in [0.29, 0.717) is 19.5 Å². The van der Waals surface area contributed by atoms with Crippen molar-refractivity contribution in [1.29, 1.82) is 0 Å². The molecule has 3 aromatic rings. The zero-order chi connectivity index (χ0) is 20.6. The van der Waals surface area contributed by atoms with E-state index in [4.69, 9.17) is 4.74 Å². The summed E-state index contributed by atoms with van der Waals surface area (Å²) >= 11 is 1.50. The summed E-state index contributed by atoms with van der Waals surface area (Å²) in [6.07, 6.45) is -4.37. The first-order valence-corrected chi connectivity index (χ1v) is 9.72. The molecule has 0 unspecified atom stereocenters. The van der Waals surface area contributed by atoms with Crippen LogP contribution in [0.4, 0.5) is 13.2 Å². The number of aromatic amines is 1. The minimum Gasteiger partial charge on any atom is -0.497 e. The number of hydrogen-bond donors (Lipinski definition) is 1. The van der Waals surface area contributed by atoms with E-state index < -0.39 is 17.6 Å². The van der Waals surface area contributed by atoms with Gasteiger partial charge in [-0.1, -0.05) is 0 Å². The number of benzene rings is 1. The number of fused-ring (bicyclic) bond motifs is 1. The molecule has 1 N–H and O–H groups in total. The Kier molecular flexibility index (Phi) is 5.13. The lowest BCUT2D eigenvalue weighted by molar-refractivity contribution is -0.145. The maximum Gasteiger partial charge on any atom is 0.449 e. The van der Waals surface area contributed by atoms with E-state index in [1.165, 1.54) is 11.3 Å². The van der Waals surface area contributed by atoms with Gasteiger partial charge in [-0.05, 0) is 24.3 Å². The van der Waals surface area contributed by atoms with Crippen LogP contribution in [-0.4, -0.2) is 33.5 Å². The van der Waals surface area contributed by atoms with Gasteiger partial charge in [0.05, 0.1) is 30.6 Å². The van der Waals surface area contributed by atoms with Gasteiger partial charge in [0.15, 0.2) is 0 Å². The number of rotatable bonds is 4. The fourth-order valence-corrected chi connectivity index (χ4v) is 4.06. The van der Waals surface area contributed by atoms with Crippen molar-refractivity contribution in [3.63, 3.8) is 0 Å². The lowest BCUT2D eigenvalue weighted by Crippen LogP contribution is -2.36. The Morgan fingerprint density at radius 3 is 2.69 bits per heavy atom. The quantitative estimate of drug-likeness (QED) is 0.697. The maximum atomic E-state index is 12.8. The predicted octanol–water partition coefficient (Wildman–Crippen LogP) is 3.48. The second-order valence-corrected chi connectivity index (χ2v) is 7.60. The summed E-state index contributed by atoms with van der Waals surface area (Å²) in [5.74, 6) is -0.470. The number of thiazole rings is 1. The van der Waals surface area contributed by atoms with E-state index in [0.717, 1.165) is 22.0 Å². The van der Waals surface area contributed by atoms with Crippen molar-refractivity contribution in [2.24, 2.45) is 0 Å². The second kappa shape index (κ2) is 7.60. The Bertz CT molecular complexity index is 1080. The van der Waals surface area contributed by atoms with Crippen LogP contribution in [0.15, 0.2) is 34.4 Å². The summed E-state index contributed by atoms with van der Waals surface area (Å²) in [5.41, 5.74) is 1.59. The highest BCUT2D eigenvalue weighted by molar-refractivity contribution is 7.09. The van der Waals surface area contributed by atoms with Gasteiger partial charge in [-0.15, -0.1) is 11.3 Å². The molecule has 4 rings (SSSR count). The van der Waals surface area contributed by atoms with Crippen LogP contribution in [0, 0.1) is 0 Å². The molecule has 0 fully saturated rings. The molecule has 0 bridgehead atoms. The number of halogens is 3. The molecule has 2 aromatic heterocycles. The van der Waals surface area contributed by atoms with Crippen molar-refractivity contribution < 1.29 is 17.9 Å². The average molecular weight is 422 g/mol. The summed E-state index contributed by atoms with van der Waals surface area (Å²) < 4.78 is 43.6. The Morgan fingerprint density at radius 2 is 2.00 bits per heavy atom. The van der Waals surface area contributed by atoms with Crippen LogP contribution >= 0.6 is 11.3 Å². The number of nitrogens with zero attached hydrogens (tertiary/aromatic N) is 3. The summed E-state index contributed by atoms with van der Waals surface area (Å²) in [6.45, 7) is 1.27. The highest BCUT2D eigenvalue weighted by Gasteiger charge is 2.36. The van der Waals surface area contributed by atoms with Gasteiger partial charge >= 0.3 is 6.18 Å². The van der Waals surface area contributed by atoms with Crippen molar-refractivity contribution >= 4 is 11.3 Å². The molecule has 152 valence electrons. The molecule has 0 spiro atoms. The third-order valence-corrected chi connectivity index (χ3v) is 5.55. The topological polar surface area (TPSA) is 71.1 Å². The third-order valence-electron chi connectivity index (χ3n) is 4.71. The zero-order valence-corrected chi connectivity index (χ0v) is 16.2. The van der Waals surface area contributed by atoms with E-state index in [1.807, 2.05) is 39.5 Å². The second-order valence-electron chi connectivity index (χ2n) is 6.65. The molecular formula is C19H17F3N4O2S. The van der Waals surface area contributed by atoms with Gasteiger partial charge in [-0.2, -0.15) is 13.2 Å². The molecule has 1 aromatic carbocycles. The lowest BCUT2D eigenvalue weighted by atomic mass is 10.1. The fraction of sp³-hybridized carbons (Fsp3) is 0.316. The first kappa shape index (κ1) is 19.6. The number of methoxy groups -OCH3 is 1. The lowest BCUT2D eigenvalue weighted by Gasteiger charge is -2.26. The van der Waals surface area contributed by atoms with E-state index in [9.17, 15) is 18.0 Å². The van der Waals surface area contributed by atoms with E-state index in [2.05, 4.69) is 9.97 Å². The van der Waals surface area contributed by atoms with Crippen molar-refractivity contribution in [3.8, 4) is 17.0 Å². The molecule has 3 heterocycles. The summed E-state index contributed by atoms with van der Waals surface area (Å²) in [7, 11) is 1.61. The number of hydrogen-bond acceptors (Lipinski definition) is 6. The number of aromatic nitrogens is 3. The van der Waals surface area contributed by atoms with Crippen molar-refractivity contribution in [2.45, 2.75) is 25.7 Å². The smallest absolute Gasteiger partial charge is 0.449 e. The van der Waals surface area contributed by atoms with Crippen LogP contribution in [-0.2, 0) is 25.7 Å². The highest BCUT2D eigenvalue weighted by Crippen LogP contribution is 2.28. The van der Waals surface area contributed by atoms with Crippen LogP contribution in [0.25, 0.3) is 11.3 Å². The van der Waals surface area contributed by atoms with Crippen molar-refractivity contribution in [3.05, 3.63) is 62.1 Å². The normalized spacial score (nSPS) is 14.6. The largest absolute Gasteiger partial charge is 0.497 e. The standard InChI is InChI=1S/C19H17F3N4O2S/c1-28-12-4-2-11(3-5-12)15-10-29-16(23-15)9-26-7-6-14-13(8-26)17(27)25-18(24-14)19(20,21)22/h2-5,10H,6-9H2,1H3,(H,24,25,27).